The second kappa shape index (κ2) is 9.97. The Morgan fingerprint density at radius 2 is 1.83 bits per heavy atom. The Hall–Kier alpha value is -2.94. The standard InChI is InChI=1S/C18H20F4N4O2.C2HF3O2/c1-25-12-3-11(4-13(25)8-28-7-12)24-17(27)15-6-26(9-18(20,21)22)16-14(15)2-10(19)5-23-16;3-2(4,5)1(6)7/h2,5-6,11-13H,3-4,7-9H2,1H3,(H,24,27);(H,6,7)/i1D3;. The monoisotopic (exact) mass is 517 g/mol. The first-order valence-corrected chi connectivity index (χ1v) is 10.0. The van der Waals surface area contributed by atoms with Gasteiger partial charge in [0.05, 0.1) is 25.0 Å². The number of nitrogens with zero attached hydrogens (tertiary/aromatic N) is 3. The van der Waals surface area contributed by atoms with Gasteiger partial charge in [0.25, 0.3) is 5.91 Å². The van der Waals surface area contributed by atoms with Gasteiger partial charge in [-0.25, -0.2) is 14.2 Å². The van der Waals surface area contributed by atoms with Crippen molar-refractivity contribution in [2.24, 2.45) is 0 Å². The second-order valence-electron chi connectivity index (χ2n) is 8.01. The zero-order valence-corrected chi connectivity index (χ0v) is 17.7. The molecule has 2 aliphatic rings. The zero-order chi connectivity index (χ0) is 28.6. The summed E-state index contributed by atoms with van der Waals surface area (Å²) in [6.07, 6.45) is -7.19. The highest BCUT2D eigenvalue weighted by molar-refractivity contribution is 6.06. The summed E-state index contributed by atoms with van der Waals surface area (Å²) in [5, 5.41) is 9.88. The van der Waals surface area contributed by atoms with E-state index in [1.165, 1.54) is 4.90 Å². The Morgan fingerprint density at radius 1 is 1.23 bits per heavy atom. The summed E-state index contributed by atoms with van der Waals surface area (Å²) in [4.78, 5) is 26.9. The number of aliphatic carboxylic acids is 1. The van der Waals surface area contributed by atoms with E-state index in [1.54, 1.807) is 0 Å². The molecule has 0 saturated carbocycles. The van der Waals surface area contributed by atoms with Crippen molar-refractivity contribution in [3.05, 3.63) is 29.8 Å². The van der Waals surface area contributed by atoms with E-state index in [2.05, 4.69) is 10.3 Å². The van der Waals surface area contributed by atoms with Gasteiger partial charge in [-0.2, -0.15) is 26.3 Å². The fraction of sp³-hybridized carbons (Fsp3) is 0.550. The fourth-order valence-electron chi connectivity index (χ4n) is 3.94. The largest absolute Gasteiger partial charge is 0.490 e. The van der Waals surface area contributed by atoms with E-state index in [4.69, 9.17) is 18.8 Å². The van der Waals surface area contributed by atoms with E-state index in [0.29, 0.717) is 12.8 Å². The van der Waals surface area contributed by atoms with Crippen LogP contribution in [0.15, 0.2) is 18.5 Å². The first-order chi connectivity index (χ1) is 17.4. The van der Waals surface area contributed by atoms with Crippen LogP contribution in [0, 0.1) is 5.82 Å². The van der Waals surface area contributed by atoms with Gasteiger partial charge in [0.1, 0.15) is 18.0 Å². The number of hydrogen-bond acceptors (Lipinski definition) is 5. The maximum Gasteiger partial charge on any atom is 0.490 e. The number of rotatable bonds is 3. The smallest absolute Gasteiger partial charge is 0.475 e. The minimum absolute atomic E-state index is 0.0230. The average molecular weight is 517 g/mol. The number of piperidine rings is 1. The molecule has 8 nitrogen and oxygen atoms in total. The van der Waals surface area contributed by atoms with Gasteiger partial charge in [-0.1, -0.05) is 0 Å². The minimum atomic E-state index is -5.08. The molecular weight excluding hydrogens is 493 g/mol. The molecule has 2 N–H and O–H groups in total. The lowest BCUT2D eigenvalue weighted by atomic mass is 9.90. The number of aromatic nitrogens is 2. The number of fused-ring (bicyclic) bond motifs is 3. The predicted molar refractivity (Wildman–Crippen MR) is 106 cm³/mol. The third-order valence-corrected chi connectivity index (χ3v) is 5.37. The van der Waals surface area contributed by atoms with Gasteiger partial charge in [0, 0.05) is 33.8 Å². The first-order valence-electron chi connectivity index (χ1n) is 11.5. The average Bonchev–Trinajstić information content (AvgIpc) is 3.08. The van der Waals surface area contributed by atoms with Crippen molar-refractivity contribution >= 4 is 22.9 Å². The van der Waals surface area contributed by atoms with Crippen molar-refractivity contribution < 1.29 is 54.3 Å². The zero-order valence-electron chi connectivity index (χ0n) is 20.7. The molecule has 2 aliphatic heterocycles. The number of carboxylic acid groups (broad SMARTS) is 1. The molecule has 2 unspecified atom stereocenters. The highest BCUT2D eigenvalue weighted by Crippen LogP contribution is 2.28. The molecule has 4 rings (SSSR count). The second-order valence-corrected chi connectivity index (χ2v) is 8.01. The van der Waals surface area contributed by atoms with Crippen molar-refractivity contribution in [3.63, 3.8) is 0 Å². The Bertz CT molecular complexity index is 1170. The summed E-state index contributed by atoms with van der Waals surface area (Å²) in [6, 6.07) is -0.260. The van der Waals surface area contributed by atoms with Crippen molar-refractivity contribution in [3.8, 4) is 0 Å². The van der Waals surface area contributed by atoms with E-state index in [9.17, 15) is 35.5 Å². The van der Waals surface area contributed by atoms with Gasteiger partial charge in [0.2, 0.25) is 0 Å². The van der Waals surface area contributed by atoms with Crippen LogP contribution in [0.2, 0.25) is 0 Å². The number of nitrogens with one attached hydrogen (secondary N) is 1. The number of ether oxygens (including phenoxy) is 1. The van der Waals surface area contributed by atoms with E-state index < -0.39 is 61.7 Å². The Labute approximate surface area is 197 Å². The lowest BCUT2D eigenvalue weighted by molar-refractivity contribution is -0.192. The van der Waals surface area contributed by atoms with Crippen LogP contribution in [0.5, 0.6) is 0 Å². The predicted octanol–water partition coefficient (Wildman–Crippen LogP) is 2.96. The number of alkyl halides is 6. The number of halogens is 7. The molecule has 0 aromatic carbocycles. The molecule has 4 heterocycles. The molecule has 2 bridgehead atoms. The van der Waals surface area contributed by atoms with Gasteiger partial charge in [-0.05, 0) is 25.9 Å². The SMILES string of the molecule is O=C(O)C(F)(F)F.[2H]C([2H])([2H])N1C2COCC1CC(NC(=O)c1cn(CC(F)(F)F)c3ncc(F)cc13)C2. The summed E-state index contributed by atoms with van der Waals surface area (Å²) >= 11 is 0. The maximum absolute atomic E-state index is 13.7. The highest BCUT2D eigenvalue weighted by Gasteiger charge is 2.39. The van der Waals surface area contributed by atoms with Gasteiger partial charge >= 0.3 is 18.3 Å². The van der Waals surface area contributed by atoms with E-state index in [1.807, 2.05) is 0 Å². The summed E-state index contributed by atoms with van der Waals surface area (Å²) in [6.45, 7) is -3.24. The molecule has 2 atom stereocenters. The number of morpholine rings is 1. The normalized spacial score (nSPS) is 24.5. The molecule has 2 aromatic heterocycles. The van der Waals surface area contributed by atoms with Crippen molar-refractivity contribution in [2.45, 2.75) is 49.9 Å². The van der Waals surface area contributed by atoms with Gasteiger partial charge in [-0.15, -0.1) is 0 Å². The van der Waals surface area contributed by atoms with Gasteiger partial charge < -0.3 is 19.7 Å². The molecule has 0 radical (unpaired) electrons. The van der Waals surface area contributed by atoms with Crippen molar-refractivity contribution in [2.75, 3.05) is 20.2 Å². The molecule has 2 fully saturated rings. The Morgan fingerprint density at radius 3 is 2.34 bits per heavy atom. The number of carbonyl (C=O) groups excluding carboxylic acids is 1. The van der Waals surface area contributed by atoms with Gasteiger partial charge in [-0.3, -0.25) is 9.69 Å². The molecule has 0 aliphatic carbocycles. The Balaban J connectivity index is 0.000000505. The molecule has 2 aromatic rings. The quantitative estimate of drug-likeness (QED) is 0.608. The molecule has 35 heavy (non-hydrogen) atoms. The third-order valence-electron chi connectivity index (χ3n) is 5.37. The number of hydrogen-bond donors (Lipinski definition) is 2. The summed E-state index contributed by atoms with van der Waals surface area (Å²) in [5.41, 5.74) is -0.266. The molecular formula is C20H21F7N4O4. The molecule has 194 valence electrons. The lowest BCUT2D eigenvalue weighted by Crippen LogP contribution is -2.59. The maximum atomic E-state index is 13.7. The molecule has 1 amide bonds. The first kappa shape index (κ1) is 22.5. The van der Waals surface area contributed by atoms with Gasteiger partial charge in [0.15, 0.2) is 0 Å². The van der Waals surface area contributed by atoms with E-state index in [-0.39, 0.29) is 29.8 Å². The third kappa shape index (κ3) is 6.60. The topological polar surface area (TPSA) is 96.7 Å². The van der Waals surface area contributed by atoms with Crippen LogP contribution in [0.1, 0.15) is 27.3 Å². The highest BCUT2D eigenvalue weighted by atomic mass is 19.4. The van der Waals surface area contributed by atoms with Crippen LogP contribution in [-0.4, -0.2) is 82.1 Å². The van der Waals surface area contributed by atoms with Crippen LogP contribution >= 0.6 is 0 Å². The molecule has 2 saturated heterocycles. The molecule has 15 heteroatoms. The molecule has 0 spiro atoms. The number of carboxylic acids is 1. The van der Waals surface area contributed by atoms with Crippen LogP contribution in [-0.2, 0) is 16.1 Å². The number of amides is 1. The summed E-state index contributed by atoms with van der Waals surface area (Å²) < 4.78 is 114. The number of carbonyl (C=O) groups is 2. The van der Waals surface area contributed by atoms with Crippen LogP contribution in [0.4, 0.5) is 30.7 Å². The Kier molecular flexibility index (Phi) is 6.41. The summed E-state index contributed by atoms with van der Waals surface area (Å²) in [5.74, 6) is -4.19. The number of likely N-dealkylation sites (N-methyl/N-ethyl adjacent to an activating group) is 1. The lowest BCUT2D eigenvalue weighted by Gasteiger charge is -2.46. The summed E-state index contributed by atoms with van der Waals surface area (Å²) in [7, 11) is 0. The van der Waals surface area contributed by atoms with Crippen molar-refractivity contribution in [1.82, 2.24) is 19.8 Å². The minimum Gasteiger partial charge on any atom is -0.475 e. The van der Waals surface area contributed by atoms with Crippen LogP contribution in [0.25, 0.3) is 11.0 Å². The number of pyridine rings is 1. The van der Waals surface area contributed by atoms with E-state index in [0.717, 1.165) is 23.0 Å². The fourth-order valence-corrected chi connectivity index (χ4v) is 3.94. The van der Waals surface area contributed by atoms with Crippen LogP contribution < -0.4 is 5.32 Å². The van der Waals surface area contributed by atoms with E-state index >= 15 is 0 Å². The van der Waals surface area contributed by atoms with Crippen molar-refractivity contribution in [1.29, 1.82) is 0 Å². The van der Waals surface area contributed by atoms with Crippen LogP contribution in [0.3, 0.4) is 0 Å².